The number of tetrazole rings is 1. The molecule has 1 N–H and O–H groups in total. The van der Waals surface area contributed by atoms with E-state index in [9.17, 15) is 4.79 Å². The van der Waals surface area contributed by atoms with Crippen LogP contribution in [0.3, 0.4) is 0 Å². The van der Waals surface area contributed by atoms with Crippen LogP contribution in [0, 0.1) is 0 Å². The van der Waals surface area contributed by atoms with Crippen LogP contribution in [-0.4, -0.2) is 33.2 Å². The molecule has 0 spiro atoms. The number of aromatic nitrogens is 4. The van der Waals surface area contributed by atoms with Gasteiger partial charge in [-0.1, -0.05) is 21.0 Å². The maximum Gasteiger partial charge on any atom is 0.270 e. The molecule has 0 aliphatic carbocycles. The molecule has 0 bridgehead atoms. The van der Waals surface area contributed by atoms with Crippen LogP contribution in [0.5, 0.6) is 5.75 Å². The number of amides is 1. The standard InChI is InChI=1S/C13H13Br2N5O2/c1-3-20-18-13(17-19-20)16-11(21)5-4-8-6-9(14)7-10(15)12(8)22-2/h4-7H,3H2,1-2H3,(H,16,18,21)/b5-4+. The van der Waals surface area contributed by atoms with E-state index in [0.29, 0.717) is 12.3 Å². The summed E-state index contributed by atoms with van der Waals surface area (Å²) in [6.07, 6.45) is 3.03. The van der Waals surface area contributed by atoms with Crippen LogP contribution in [0.4, 0.5) is 5.95 Å². The van der Waals surface area contributed by atoms with Gasteiger partial charge in [0.25, 0.3) is 11.9 Å². The van der Waals surface area contributed by atoms with Gasteiger partial charge in [0.2, 0.25) is 0 Å². The second kappa shape index (κ2) is 7.50. The fourth-order valence-electron chi connectivity index (χ4n) is 1.66. The van der Waals surface area contributed by atoms with Gasteiger partial charge in [-0.05, 0) is 46.3 Å². The summed E-state index contributed by atoms with van der Waals surface area (Å²) in [7, 11) is 1.57. The predicted octanol–water partition coefficient (Wildman–Crippen LogP) is 2.88. The fourth-order valence-corrected chi connectivity index (χ4v) is 3.08. The average Bonchev–Trinajstić information content (AvgIpc) is 2.92. The molecule has 1 aromatic carbocycles. The Balaban J connectivity index is 2.12. The van der Waals surface area contributed by atoms with Crippen molar-refractivity contribution in [2.45, 2.75) is 13.5 Å². The molecule has 9 heteroatoms. The molecule has 7 nitrogen and oxygen atoms in total. The minimum Gasteiger partial charge on any atom is -0.495 e. The van der Waals surface area contributed by atoms with Crippen LogP contribution in [0.15, 0.2) is 27.2 Å². The van der Waals surface area contributed by atoms with E-state index >= 15 is 0 Å². The van der Waals surface area contributed by atoms with Gasteiger partial charge in [0.15, 0.2) is 0 Å². The Morgan fingerprint density at radius 1 is 1.45 bits per heavy atom. The first-order valence-electron chi connectivity index (χ1n) is 6.33. The van der Waals surface area contributed by atoms with E-state index in [1.165, 1.54) is 10.9 Å². The molecule has 2 rings (SSSR count). The number of hydrogen-bond acceptors (Lipinski definition) is 5. The highest BCUT2D eigenvalue weighted by Crippen LogP contribution is 2.33. The number of rotatable bonds is 5. The summed E-state index contributed by atoms with van der Waals surface area (Å²) < 4.78 is 6.97. The van der Waals surface area contributed by atoms with Crippen molar-refractivity contribution in [1.29, 1.82) is 0 Å². The minimum absolute atomic E-state index is 0.166. The number of carbonyl (C=O) groups is 1. The van der Waals surface area contributed by atoms with Crippen molar-refractivity contribution in [3.63, 3.8) is 0 Å². The summed E-state index contributed by atoms with van der Waals surface area (Å²) in [5.41, 5.74) is 0.754. The second-order valence-corrected chi connectivity index (χ2v) is 5.90. The molecule has 0 aliphatic rings. The highest BCUT2D eigenvalue weighted by molar-refractivity contribution is 9.11. The first kappa shape index (κ1) is 16.6. The smallest absolute Gasteiger partial charge is 0.270 e. The van der Waals surface area contributed by atoms with Crippen LogP contribution >= 0.6 is 31.9 Å². The van der Waals surface area contributed by atoms with Gasteiger partial charge in [-0.15, -0.1) is 5.10 Å². The molecular formula is C13H13Br2N5O2. The third kappa shape index (κ3) is 4.14. The first-order valence-corrected chi connectivity index (χ1v) is 7.92. The van der Waals surface area contributed by atoms with Crippen molar-refractivity contribution in [1.82, 2.24) is 20.2 Å². The van der Waals surface area contributed by atoms with Gasteiger partial charge >= 0.3 is 0 Å². The average molecular weight is 431 g/mol. The molecule has 0 fully saturated rings. The molecule has 0 atom stereocenters. The number of nitrogens with zero attached hydrogens (tertiary/aromatic N) is 4. The molecule has 0 radical (unpaired) electrons. The SMILES string of the molecule is CCn1nnc(NC(=O)/C=C/c2cc(Br)cc(Br)c2OC)n1. The molecule has 0 saturated heterocycles. The van der Waals surface area contributed by atoms with Gasteiger partial charge in [-0.2, -0.15) is 4.80 Å². The third-order valence-electron chi connectivity index (χ3n) is 2.63. The van der Waals surface area contributed by atoms with Crippen LogP contribution in [0.1, 0.15) is 12.5 Å². The number of methoxy groups -OCH3 is 1. The van der Waals surface area contributed by atoms with Crippen molar-refractivity contribution in [3.05, 3.63) is 32.7 Å². The number of anilines is 1. The van der Waals surface area contributed by atoms with Crippen molar-refractivity contribution >= 4 is 49.8 Å². The summed E-state index contributed by atoms with van der Waals surface area (Å²) in [5.74, 6) is 0.454. The first-order chi connectivity index (χ1) is 10.5. The Hall–Kier alpha value is -1.74. The summed E-state index contributed by atoms with van der Waals surface area (Å²) in [4.78, 5) is 13.3. The molecule has 22 heavy (non-hydrogen) atoms. The van der Waals surface area contributed by atoms with Crippen molar-refractivity contribution in [2.75, 3.05) is 12.4 Å². The zero-order valence-electron chi connectivity index (χ0n) is 11.9. The Kier molecular flexibility index (Phi) is 5.67. The zero-order chi connectivity index (χ0) is 16.1. The number of carbonyl (C=O) groups excluding carboxylic acids is 1. The quantitative estimate of drug-likeness (QED) is 0.737. The van der Waals surface area contributed by atoms with Gasteiger partial charge in [0, 0.05) is 16.1 Å². The predicted molar refractivity (Wildman–Crippen MR) is 89.5 cm³/mol. The maximum atomic E-state index is 11.9. The minimum atomic E-state index is -0.353. The normalized spacial score (nSPS) is 10.9. The number of aryl methyl sites for hydroxylation is 1. The zero-order valence-corrected chi connectivity index (χ0v) is 15.0. The number of hydrogen-bond donors (Lipinski definition) is 1. The molecule has 0 aliphatic heterocycles. The topological polar surface area (TPSA) is 81.9 Å². The van der Waals surface area contributed by atoms with Gasteiger partial charge in [0.05, 0.1) is 18.1 Å². The van der Waals surface area contributed by atoms with E-state index in [2.05, 4.69) is 52.6 Å². The van der Waals surface area contributed by atoms with E-state index in [1.54, 1.807) is 13.2 Å². The van der Waals surface area contributed by atoms with Crippen LogP contribution in [0.25, 0.3) is 6.08 Å². The Bertz CT molecular complexity index is 714. The van der Waals surface area contributed by atoms with E-state index < -0.39 is 0 Å². The van der Waals surface area contributed by atoms with E-state index in [0.717, 1.165) is 14.5 Å². The van der Waals surface area contributed by atoms with Crippen LogP contribution < -0.4 is 10.1 Å². The van der Waals surface area contributed by atoms with Crippen molar-refractivity contribution in [2.24, 2.45) is 0 Å². The van der Waals surface area contributed by atoms with E-state index in [1.807, 2.05) is 19.1 Å². The molecule has 116 valence electrons. The lowest BCUT2D eigenvalue weighted by atomic mass is 10.2. The van der Waals surface area contributed by atoms with Crippen LogP contribution in [0.2, 0.25) is 0 Å². The summed E-state index contributed by atoms with van der Waals surface area (Å²) in [6.45, 7) is 2.46. The van der Waals surface area contributed by atoms with E-state index in [4.69, 9.17) is 4.74 Å². The second-order valence-electron chi connectivity index (χ2n) is 4.13. The van der Waals surface area contributed by atoms with Gasteiger partial charge in [-0.25, -0.2) is 0 Å². The van der Waals surface area contributed by atoms with Gasteiger partial charge in [0.1, 0.15) is 5.75 Å². The highest BCUT2D eigenvalue weighted by Gasteiger charge is 2.08. The monoisotopic (exact) mass is 429 g/mol. The number of benzene rings is 1. The Morgan fingerprint density at radius 2 is 2.23 bits per heavy atom. The van der Waals surface area contributed by atoms with Gasteiger partial charge < -0.3 is 4.74 Å². The summed E-state index contributed by atoms with van der Waals surface area (Å²) >= 11 is 6.81. The number of nitrogens with one attached hydrogen (secondary N) is 1. The Morgan fingerprint density at radius 3 is 2.86 bits per heavy atom. The molecule has 2 aromatic rings. The van der Waals surface area contributed by atoms with Crippen molar-refractivity contribution < 1.29 is 9.53 Å². The summed E-state index contributed by atoms with van der Waals surface area (Å²) in [5, 5.41) is 14.0. The molecule has 1 aromatic heterocycles. The van der Waals surface area contributed by atoms with E-state index in [-0.39, 0.29) is 11.9 Å². The lowest BCUT2D eigenvalue weighted by Crippen LogP contribution is -2.09. The molecule has 0 saturated carbocycles. The van der Waals surface area contributed by atoms with Gasteiger partial charge in [-0.3, -0.25) is 10.1 Å². The lowest BCUT2D eigenvalue weighted by Gasteiger charge is -2.08. The number of halogens is 2. The summed E-state index contributed by atoms with van der Waals surface area (Å²) in [6, 6.07) is 3.71. The Labute approximate surface area is 144 Å². The number of ether oxygens (including phenoxy) is 1. The molecular weight excluding hydrogens is 418 g/mol. The molecule has 1 heterocycles. The maximum absolute atomic E-state index is 11.9. The highest BCUT2D eigenvalue weighted by atomic mass is 79.9. The lowest BCUT2D eigenvalue weighted by molar-refractivity contribution is -0.111. The third-order valence-corrected chi connectivity index (χ3v) is 3.67. The molecule has 1 amide bonds. The fraction of sp³-hybridized carbons (Fsp3) is 0.231. The largest absolute Gasteiger partial charge is 0.495 e. The van der Waals surface area contributed by atoms with Crippen molar-refractivity contribution in [3.8, 4) is 5.75 Å². The van der Waals surface area contributed by atoms with Crippen LogP contribution in [-0.2, 0) is 11.3 Å². The molecule has 0 unspecified atom stereocenters.